The number of hydrogen-bond donors (Lipinski definition) is 1. The molecule has 0 amide bonds. The number of ether oxygens (including phenoxy) is 1. The van der Waals surface area contributed by atoms with Gasteiger partial charge in [-0.05, 0) is 19.9 Å². The summed E-state index contributed by atoms with van der Waals surface area (Å²) in [6.07, 6.45) is 3.18. The van der Waals surface area contributed by atoms with Crippen molar-refractivity contribution in [3.05, 3.63) is 36.4 Å². The largest absolute Gasteiger partial charge is 0.488 e. The highest BCUT2D eigenvalue weighted by molar-refractivity contribution is 5.64. The molecule has 0 aliphatic carbocycles. The van der Waals surface area contributed by atoms with Crippen molar-refractivity contribution in [2.75, 3.05) is 0 Å². The first-order valence-electron chi connectivity index (χ1n) is 5.13. The van der Waals surface area contributed by atoms with Crippen molar-refractivity contribution in [3.63, 3.8) is 0 Å². The van der Waals surface area contributed by atoms with Gasteiger partial charge in [0, 0.05) is 17.3 Å². The maximum absolute atomic E-state index is 14.0. The van der Waals surface area contributed by atoms with E-state index in [4.69, 9.17) is 4.74 Å². The van der Waals surface area contributed by atoms with Crippen molar-refractivity contribution in [1.29, 1.82) is 0 Å². The van der Waals surface area contributed by atoms with Gasteiger partial charge in [0.15, 0.2) is 11.6 Å². The molecule has 0 fully saturated rings. The number of rotatable bonds is 3. The molecule has 0 spiro atoms. The Morgan fingerprint density at radius 3 is 2.81 bits per heavy atom. The van der Waals surface area contributed by atoms with E-state index < -0.39 is 0 Å². The molecule has 4 heteroatoms. The fourth-order valence-electron chi connectivity index (χ4n) is 1.48. The third-order valence-electron chi connectivity index (χ3n) is 2.14. The average Bonchev–Trinajstić information content (AvgIpc) is 2.73. The smallest absolute Gasteiger partial charge is 0.172 e. The Morgan fingerprint density at radius 1 is 1.38 bits per heavy atom. The molecule has 0 radical (unpaired) electrons. The van der Waals surface area contributed by atoms with Gasteiger partial charge < -0.3 is 4.74 Å². The van der Waals surface area contributed by atoms with Gasteiger partial charge in [-0.2, -0.15) is 5.10 Å². The highest BCUT2D eigenvalue weighted by Crippen LogP contribution is 2.28. The Labute approximate surface area is 93.3 Å². The van der Waals surface area contributed by atoms with Crippen LogP contribution < -0.4 is 4.74 Å². The van der Waals surface area contributed by atoms with E-state index in [0.29, 0.717) is 11.1 Å². The second-order valence-corrected chi connectivity index (χ2v) is 3.77. The zero-order valence-corrected chi connectivity index (χ0v) is 9.20. The molecule has 84 valence electrons. The quantitative estimate of drug-likeness (QED) is 0.863. The molecule has 2 aromatic rings. The molecule has 3 nitrogen and oxygen atoms in total. The number of H-pyrrole nitrogens is 1. The third-order valence-corrected chi connectivity index (χ3v) is 2.14. The molecule has 0 saturated heterocycles. The van der Waals surface area contributed by atoms with Crippen LogP contribution in [0.15, 0.2) is 30.6 Å². The zero-order valence-electron chi connectivity index (χ0n) is 9.20. The summed E-state index contributed by atoms with van der Waals surface area (Å²) < 4.78 is 19.4. The molecule has 1 aromatic carbocycles. The van der Waals surface area contributed by atoms with Crippen LogP contribution in [0.4, 0.5) is 4.39 Å². The molecule has 0 saturated carbocycles. The monoisotopic (exact) mass is 220 g/mol. The number of aromatic amines is 1. The topological polar surface area (TPSA) is 37.9 Å². The van der Waals surface area contributed by atoms with Crippen LogP contribution in [0.3, 0.4) is 0 Å². The van der Waals surface area contributed by atoms with Crippen molar-refractivity contribution in [2.45, 2.75) is 20.0 Å². The molecule has 16 heavy (non-hydrogen) atoms. The lowest BCUT2D eigenvalue weighted by Gasteiger charge is -2.12. The highest BCUT2D eigenvalue weighted by Gasteiger charge is 2.12. The van der Waals surface area contributed by atoms with Gasteiger partial charge in [0.1, 0.15) is 0 Å². The Morgan fingerprint density at radius 2 is 2.19 bits per heavy atom. The molecule has 0 aliphatic heterocycles. The van der Waals surface area contributed by atoms with Crippen LogP contribution in [-0.2, 0) is 0 Å². The minimum atomic E-state index is -0.349. The minimum Gasteiger partial charge on any atom is -0.488 e. The first-order chi connectivity index (χ1) is 7.68. The highest BCUT2D eigenvalue weighted by atomic mass is 19.1. The van der Waals surface area contributed by atoms with Gasteiger partial charge in [0.2, 0.25) is 0 Å². The first-order valence-corrected chi connectivity index (χ1v) is 5.13. The van der Waals surface area contributed by atoms with E-state index in [1.165, 1.54) is 0 Å². The predicted octanol–water partition coefficient (Wildman–Crippen LogP) is 3.00. The molecule has 0 aliphatic rings. The zero-order chi connectivity index (χ0) is 11.5. The summed E-state index contributed by atoms with van der Waals surface area (Å²) in [5.74, 6) is -0.0775. The lowest BCUT2D eigenvalue weighted by atomic mass is 10.1. The molecular formula is C12H13FN2O. The fraction of sp³-hybridized carbons (Fsp3) is 0.250. The first kappa shape index (κ1) is 10.7. The average molecular weight is 220 g/mol. The molecule has 0 bridgehead atoms. The molecule has 0 unspecified atom stereocenters. The fourth-order valence-corrected chi connectivity index (χ4v) is 1.48. The second kappa shape index (κ2) is 4.35. The Hall–Kier alpha value is -1.84. The number of hydrogen-bond acceptors (Lipinski definition) is 2. The maximum Gasteiger partial charge on any atom is 0.172 e. The Bertz CT molecular complexity index is 466. The summed E-state index contributed by atoms with van der Waals surface area (Å²) in [5, 5.41) is 6.46. The Kier molecular flexibility index (Phi) is 2.90. The van der Waals surface area contributed by atoms with Gasteiger partial charge in [-0.3, -0.25) is 5.10 Å². The van der Waals surface area contributed by atoms with Crippen LogP contribution in [-0.4, -0.2) is 16.3 Å². The predicted molar refractivity (Wildman–Crippen MR) is 59.7 cm³/mol. The van der Waals surface area contributed by atoms with Crippen LogP contribution in [0, 0.1) is 5.82 Å². The molecule has 1 N–H and O–H groups in total. The number of nitrogens with one attached hydrogen (secondary N) is 1. The summed E-state index contributed by atoms with van der Waals surface area (Å²) in [4.78, 5) is 0. The van der Waals surface area contributed by atoms with Crippen LogP contribution in [0.1, 0.15) is 13.8 Å². The van der Waals surface area contributed by atoms with Crippen LogP contribution in [0.5, 0.6) is 5.75 Å². The van der Waals surface area contributed by atoms with Gasteiger partial charge in [-0.1, -0.05) is 12.1 Å². The lowest BCUT2D eigenvalue weighted by molar-refractivity contribution is 0.231. The van der Waals surface area contributed by atoms with Gasteiger partial charge in [-0.25, -0.2) is 4.39 Å². The molecule has 1 aromatic heterocycles. The van der Waals surface area contributed by atoms with Crippen molar-refractivity contribution in [1.82, 2.24) is 10.2 Å². The third kappa shape index (κ3) is 2.05. The van der Waals surface area contributed by atoms with Crippen LogP contribution in [0.25, 0.3) is 11.1 Å². The number of nitrogens with zero attached hydrogens (tertiary/aromatic N) is 1. The van der Waals surface area contributed by atoms with Gasteiger partial charge in [0.05, 0.1) is 12.3 Å². The van der Waals surface area contributed by atoms with E-state index in [0.717, 1.165) is 0 Å². The van der Waals surface area contributed by atoms with Crippen molar-refractivity contribution in [2.24, 2.45) is 0 Å². The number of aromatic nitrogens is 2. The summed E-state index contributed by atoms with van der Waals surface area (Å²) in [6.45, 7) is 3.73. The molecule has 1 heterocycles. The minimum absolute atomic E-state index is 0.0471. The summed E-state index contributed by atoms with van der Waals surface area (Å²) >= 11 is 0. The van der Waals surface area contributed by atoms with Crippen LogP contribution >= 0.6 is 0 Å². The van der Waals surface area contributed by atoms with Crippen molar-refractivity contribution >= 4 is 0 Å². The van der Waals surface area contributed by atoms with E-state index in [2.05, 4.69) is 10.2 Å². The standard InChI is InChI=1S/C12H13FN2O/c1-8(2)16-11-5-3-4-10(12(11)13)9-6-14-15-7-9/h3-8H,1-2H3,(H,14,15). The second-order valence-electron chi connectivity index (χ2n) is 3.77. The van der Waals surface area contributed by atoms with E-state index >= 15 is 0 Å². The van der Waals surface area contributed by atoms with E-state index in [1.807, 2.05) is 13.8 Å². The van der Waals surface area contributed by atoms with Gasteiger partial charge >= 0.3 is 0 Å². The van der Waals surface area contributed by atoms with Crippen molar-refractivity contribution < 1.29 is 9.13 Å². The van der Waals surface area contributed by atoms with E-state index in [9.17, 15) is 4.39 Å². The summed E-state index contributed by atoms with van der Waals surface area (Å²) in [6, 6.07) is 5.09. The maximum atomic E-state index is 14.0. The van der Waals surface area contributed by atoms with Crippen LogP contribution in [0.2, 0.25) is 0 Å². The van der Waals surface area contributed by atoms with Crippen molar-refractivity contribution in [3.8, 4) is 16.9 Å². The molecule has 0 atom stereocenters. The molecule has 2 rings (SSSR count). The Balaban J connectivity index is 2.41. The van der Waals surface area contributed by atoms with E-state index in [-0.39, 0.29) is 17.7 Å². The van der Waals surface area contributed by atoms with Gasteiger partial charge in [0.25, 0.3) is 0 Å². The SMILES string of the molecule is CC(C)Oc1cccc(-c2cn[nH]c2)c1F. The normalized spacial score (nSPS) is 10.8. The van der Waals surface area contributed by atoms with E-state index in [1.54, 1.807) is 30.6 Å². The molecular weight excluding hydrogens is 207 g/mol. The lowest BCUT2D eigenvalue weighted by Crippen LogP contribution is -2.07. The van der Waals surface area contributed by atoms with Gasteiger partial charge in [-0.15, -0.1) is 0 Å². The number of halogens is 1. The summed E-state index contributed by atoms with van der Waals surface area (Å²) in [7, 11) is 0. The summed E-state index contributed by atoms with van der Waals surface area (Å²) in [5.41, 5.74) is 1.21. The number of benzene rings is 1.